The van der Waals surface area contributed by atoms with Gasteiger partial charge in [0.2, 0.25) is 0 Å². The first-order valence-corrected chi connectivity index (χ1v) is 5.80. The van der Waals surface area contributed by atoms with Crippen LogP contribution in [0, 0.1) is 0 Å². The molecule has 1 saturated carbocycles. The second-order valence-electron chi connectivity index (χ2n) is 3.83. The maximum absolute atomic E-state index is 9.51. The molecule has 3 atom stereocenters. The van der Waals surface area contributed by atoms with Gasteiger partial charge in [-0.3, -0.25) is 0 Å². The van der Waals surface area contributed by atoms with Crippen molar-refractivity contribution in [1.29, 1.82) is 0 Å². The monoisotopic (exact) mass is 242 g/mol. The van der Waals surface area contributed by atoms with E-state index in [9.17, 15) is 5.11 Å². The van der Waals surface area contributed by atoms with Crippen molar-refractivity contribution in [2.45, 2.75) is 31.7 Å². The molecule has 0 spiro atoms. The summed E-state index contributed by atoms with van der Waals surface area (Å²) in [5.41, 5.74) is 0. The molecule has 0 bridgehead atoms. The Kier molecular flexibility index (Phi) is 3.69. The fourth-order valence-electron chi connectivity index (χ4n) is 1.77. The predicted octanol–water partition coefficient (Wildman–Crippen LogP) is 2.26. The molecule has 0 aliphatic heterocycles. The number of aliphatic hydroxyl groups is 1. The summed E-state index contributed by atoms with van der Waals surface area (Å²) in [6.07, 6.45) is -0.0538. The lowest BCUT2D eigenvalue weighted by atomic mass is 9.88. The van der Waals surface area contributed by atoms with Crippen molar-refractivity contribution in [2.24, 2.45) is 0 Å². The van der Waals surface area contributed by atoms with E-state index in [1.54, 1.807) is 12.1 Å². The van der Waals surface area contributed by atoms with Gasteiger partial charge in [0.05, 0.1) is 6.10 Å². The SMILES string of the molecule is CCOC1C(O)CC1Oc1ccc(Cl)cc1. The Bertz CT molecular complexity index is 339. The van der Waals surface area contributed by atoms with E-state index in [0.717, 1.165) is 5.75 Å². The van der Waals surface area contributed by atoms with Gasteiger partial charge in [0.1, 0.15) is 18.0 Å². The van der Waals surface area contributed by atoms with Crippen LogP contribution in [0.2, 0.25) is 5.02 Å². The van der Waals surface area contributed by atoms with E-state index >= 15 is 0 Å². The van der Waals surface area contributed by atoms with E-state index in [1.807, 2.05) is 19.1 Å². The van der Waals surface area contributed by atoms with Gasteiger partial charge in [0, 0.05) is 18.1 Å². The van der Waals surface area contributed by atoms with Crippen LogP contribution in [0.4, 0.5) is 0 Å². The third-order valence-electron chi connectivity index (χ3n) is 2.68. The zero-order valence-corrected chi connectivity index (χ0v) is 9.85. The highest BCUT2D eigenvalue weighted by molar-refractivity contribution is 6.30. The van der Waals surface area contributed by atoms with Crippen LogP contribution in [0.1, 0.15) is 13.3 Å². The Morgan fingerprint density at radius 3 is 2.62 bits per heavy atom. The molecular weight excluding hydrogens is 228 g/mol. The highest BCUT2D eigenvalue weighted by atomic mass is 35.5. The van der Waals surface area contributed by atoms with E-state index < -0.39 is 6.10 Å². The Morgan fingerprint density at radius 2 is 2.06 bits per heavy atom. The summed E-state index contributed by atoms with van der Waals surface area (Å²) in [5.74, 6) is 0.756. The molecule has 2 rings (SSSR count). The molecule has 1 aliphatic carbocycles. The predicted molar refractivity (Wildman–Crippen MR) is 61.9 cm³/mol. The van der Waals surface area contributed by atoms with Crippen LogP contribution in [0.25, 0.3) is 0 Å². The molecule has 1 aliphatic rings. The van der Waals surface area contributed by atoms with E-state index in [-0.39, 0.29) is 12.2 Å². The summed E-state index contributed by atoms with van der Waals surface area (Å²) in [6, 6.07) is 7.19. The number of benzene rings is 1. The number of ether oxygens (including phenoxy) is 2. The average Bonchev–Trinajstić information content (AvgIpc) is 2.28. The molecule has 0 radical (unpaired) electrons. The normalized spacial score (nSPS) is 28.6. The quantitative estimate of drug-likeness (QED) is 0.880. The summed E-state index contributed by atoms with van der Waals surface area (Å²) in [6.45, 7) is 2.49. The minimum atomic E-state index is -0.405. The first-order chi connectivity index (χ1) is 7.70. The molecule has 1 aromatic rings. The van der Waals surface area contributed by atoms with Crippen molar-refractivity contribution in [3.63, 3.8) is 0 Å². The van der Waals surface area contributed by atoms with Crippen molar-refractivity contribution in [3.8, 4) is 5.75 Å². The molecule has 0 aromatic heterocycles. The molecule has 4 heteroatoms. The summed E-state index contributed by atoms with van der Waals surface area (Å²) in [7, 11) is 0. The van der Waals surface area contributed by atoms with Crippen molar-refractivity contribution in [1.82, 2.24) is 0 Å². The van der Waals surface area contributed by atoms with Crippen molar-refractivity contribution in [2.75, 3.05) is 6.61 Å². The molecule has 0 heterocycles. The first-order valence-electron chi connectivity index (χ1n) is 5.42. The average molecular weight is 243 g/mol. The van der Waals surface area contributed by atoms with E-state index in [4.69, 9.17) is 21.1 Å². The molecule has 1 fully saturated rings. The number of hydrogen-bond donors (Lipinski definition) is 1. The molecule has 3 nitrogen and oxygen atoms in total. The minimum absolute atomic E-state index is 0.0591. The van der Waals surface area contributed by atoms with Crippen molar-refractivity contribution < 1.29 is 14.6 Å². The minimum Gasteiger partial charge on any atom is -0.488 e. The third-order valence-corrected chi connectivity index (χ3v) is 2.93. The van der Waals surface area contributed by atoms with Crippen LogP contribution in [0.5, 0.6) is 5.75 Å². The van der Waals surface area contributed by atoms with Gasteiger partial charge in [0.25, 0.3) is 0 Å². The molecule has 0 saturated heterocycles. The first kappa shape index (κ1) is 11.7. The molecule has 16 heavy (non-hydrogen) atoms. The lowest BCUT2D eigenvalue weighted by molar-refractivity contribution is -0.160. The molecule has 88 valence electrons. The Balaban J connectivity index is 1.92. The van der Waals surface area contributed by atoms with Gasteiger partial charge in [-0.1, -0.05) is 11.6 Å². The van der Waals surface area contributed by atoms with Gasteiger partial charge in [-0.2, -0.15) is 0 Å². The number of rotatable bonds is 4. The summed E-state index contributed by atoms with van der Waals surface area (Å²) in [5, 5.41) is 10.2. The third kappa shape index (κ3) is 2.48. The van der Waals surface area contributed by atoms with Crippen LogP contribution in [0.3, 0.4) is 0 Å². The summed E-state index contributed by atoms with van der Waals surface area (Å²) < 4.78 is 11.1. The fourth-order valence-corrected chi connectivity index (χ4v) is 1.90. The van der Waals surface area contributed by atoms with Crippen molar-refractivity contribution >= 4 is 11.6 Å². The van der Waals surface area contributed by atoms with Gasteiger partial charge in [-0.25, -0.2) is 0 Å². The van der Waals surface area contributed by atoms with Gasteiger partial charge < -0.3 is 14.6 Å². The van der Waals surface area contributed by atoms with E-state index in [0.29, 0.717) is 18.1 Å². The van der Waals surface area contributed by atoms with Gasteiger partial charge in [0.15, 0.2) is 0 Å². The van der Waals surface area contributed by atoms with Crippen LogP contribution >= 0.6 is 11.6 Å². The van der Waals surface area contributed by atoms with E-state index in [2.05, 4.69) is 0 Å². The number of hydrogen-bond acceptors (Lipinski definition) is 3. The zero-order chi connectivity index (χ0) is 11.5. The largest absolute Gasteiger partial charge is 0.488 e. The Hall–Kier alpha value is -0.770. The Labute approximate surface area is 99.9 Å². The van der Waals surface area contributed by atoms with Gasteiger partial charge in [-0.05, 0) is 31.2 Å². The van der Waals surface area contributed by atoms with Gasteiger partial charge >= 0.3 is 0 Å². The second-order valence-corrected chi connectivity index (χ2v) is 4.27. The van der Waals surface area contributed by atoms with Crippen LogP contribution in [0.15, 0.2) is 24.3 Å². The topological polar surface area (TPSA) is 38.7 Å². The lowest BCUT2D eigenvalue weighted by Crippen LogP contribution is -2.55. The fraction of sp³-hybridized carbons (Fsp3) is 0.500. The highest BCUT2D eigenvalue weighted by Crippen LogP contribution is 2.29. The second kappa shape index (κ2) is 5.04. The van der Waals surface area contributed by atoms with Crippen LogP contribution in [-0.2, 0) is 4.74 Å². The molecule has 1 aromatic carbocycles. The maximum atomic E-state index is 9.51. The maximum Gasteiger partial charge on any atom is 0.130 e. The van der Waals surface area contributed by atoms with Gasteiger partial charge in [-0.15, -0.1) is 0 Å². The molecule has 3 unspecified atom stereocenters. The number of halogens is 1. The lowest BCUT2D eigenvalue weighted by Gasteiger charge is -2.40. The Morgan fingerprint density at radius 1 is 1.38 bits per heavy atom. The smallest absolute Gasteiger partial charge is 0.130 e. The van der Waals surface area contributed by atoms with Crippen molar-refractivity contribution in [3.05, 3.63) is 29.3 Å². The zero-order valence-electron chi connectivity index (χ0n) is 9.10. The summed E-state index contributed by atoms with van der Waals surface area (Å²) >= 11 is 5.78. The highest BCUT2D eigenvalue weighted by Gasteiger charge is 2.42. The van der Waals surface area contributed by atoms with Crippen LogP contribution in [-0.4, -0.2) is 30.0 Å². The number of aliphatic hydroxyl groups excluding tert-OH is 1. The molecular formula is C12H15ClO3. The summed E-state index contributed by atoms with van der Waals surface area (Å²) in [4.78, 5) is 0. The van der Waals surface area contributed by atoms with E-state index in [1.165, 1.54) is 0 Å². The van der Waals surface area contributed by atoms with Crippen LogP contribution < -0.4 is 4.74 Å². The standard InChI is InChI=1S/C12H15ClO3/c1-2-15-12-10(14)7-11(12)16-9-5-3-8(13)4-6-9/h3-6,10-12,14H,2,7H2,1H3. The molecule has 1 N–H and O–H groups in total. The molecule has 0 amide bonds.